The highest BCUT2D eigenvalue weighted by atomic mass is 32.1. The molecule has 134 valence electrons. The molecule has 4 nitrogen and oxygen atoms in total. The molecule has 0 radical (unpaired) electrons. The predicted octanol–water partition coefficient (Wildman–Crippen LogP) is 3.07. The molecule has 0 bridgehead atoms. The molecule has 25 heavy (non-hydrogen) atoms. The molecule has 2 aromatic rings. The van der Waals surface area contributed by atoms with E-state index < -0.39 is 34.8 Å². The number of aromatic amines is 1. The topological polar surface area (TPSA) is 41.0 Å². The van der Waals surface area contributed by atoms with Gasteiger partial charge in [-0.1, -0.05) is 0 Å². The summed E-state index contributed by atoms with van der Waals surface area (Å²) < 4.78 is 57.0. The number of nitrogens with zero attached hydrogens (tertiary/aromatic N) is 2. The van der Waals surface area contributed by atoms with Crippen molar-refractivity contribution in [1.82, 2.24) is 14.5 Å². The lowest BCUT2D eigenvalue weighted by Crippen LogP contribution is -2.24. The van der Waals surface area contributed by atoms with Crippen LogP contribution >= 0.6 is 12.2 Å². The van der Waals surface area contributed by atoms with Gasteiger partial charge in [-0.25, -0.2) is 17.6 Å². The maximum Gasteiger partial charge on any atom is 0.228 e. The Balaban J connectivity index is 1.98. The van der Waals surface area contributed by atoms with E-state index in [1.165, 1.54) is 4.90 Å². The first kappa shape index (κ1) is 17.7. The number of hydrogen-bond acceptors (Lipinski definition) is 2. The zero-order valence-electron chi connectivity index (χ0n) is 13.5. The highest BCUT2D eigenvalue weighted by Crippen LogP contribution is 2.36. The first-order valence-corrected chi connectivity index (χ1v) is 7.95. The van der Waals surface area contributed by atoms with Gasteiger partial charge in [0.15, 0.2) is 28.0 Å². The summed E-state index contributed by atoms with van der Waals surface area (Å²) in [6.45, 7) is 0.0809. The molecule has 1 aromatic heterocycles. The van der Waals surface area contributed by atoms with Crippen molar-refractivity contribution in [3.8, 4) is 0 Å². The average molecular weight is 373 g/mol. The van der Waals surface area contributed by atoms with Gasteiger partial charge in [-0.05, 0) is 18.6 Å². The van der Waals surface area contributed by atoms with Gasteiger partial charge in [-0.3, -0.25) is 4.79 Å². The molecule has 0 saturated carbocycles. The summed E-state index contributed by atoms with van der Waals surface area (Å²) in [6, 6.07) is 0.191. The Morgan fingerprint density at radius 2 is 1.88 bits per heavy atom. The van der Waals surface area contributed by atoms with Gasteiger partial charge in [0.05, 0.1) is 6.42 Å². The van der Waals surface area contributed by atoms with E-state index in [0.717, 1.165) is 0 Å². The molecule has 1 N–H and O–H groups in total. The van der Waals surface area contributed by atoms with Crippen LogP contribution in [0.2, 0.25) is 0 Å². The van der Waals surface area contributed by atoms with Crippen molar-refractivity contribution >= 4 is 18.1 Å². The molecule has 0 spiro atoms. The van der Waals surface area contributed by atoms with E-state index in [1.807, 2.05) is 0 Å². The fraction of sp³-hybridized carbons (Fsp3) is 0.375. The minimum Gasteiger partial charge on any atom is -0.348 e. The van der Waals surface area contributed by atoms with Crippen LogP contribution in [0.15, 0.2) is 6.07 Å². The summed E-state index contributed by atoms with van der Waals surface area (Å²) in [5.41, 5.74) is 0.540. The number of amides is 1. The average Bonchev–Trinajstić information content (AvgIpc) is 3.07. The SMILES string of the molecule is CN(C)C(=O)Cc1[nH]c(=S)n2c1C[C@H](c1c(F)c(F)cc(F)c1F)C2. The number of aromatic nitrogens is 2. The number of imidazole rings is 1. The van der Waals surface area contributed by atoms with Crippen molar-refractivity contribution in [2.24, 2.45) is 0 Å². The highest BCUT2D eigenvalue weighted by molar-refractivity contribution is 7.71. The summed E-state index contributed by atoms with van der Waals surface area (Å²) in [4.78, 5) is 16.2. The molecule has 9 heteroatoms. The molecule has 1 amide bonds. The number of H-pyrrole nitrogens is 1. The minimum absolute atomic E-state index is 0.0498. The normalized spacial score (nSPS) is 16.2. The zero-order valence-corrected chi connectivity index (χ0v) is 14.3. The van der Waals surface area contributed by atoms with E-state index in [0.29, 0.717) is 16.2 Å². The van der Waals surface area contributed by atoms with Crippen LogP contribution in [0.3, 0.4) is 0 Å². The Hall–Kier alpha value is -2.16. The van der Waals surface area contributed by atoms with Crippen molar-refractivity contribution in [2.75, 3.05) is 14.1 Å². The van der Waals surface area contributed by atoms with Crippen LogP contribution in [0.5, 0.6) is 0 Å². The number of rotatable bonds is 3. The van der Waals surface area contributed by atoms with E-state index >= 15 is 0 Å². The Labute approximate surface area is 146 Å². The van der Waals surface area contributed by atoms with Gasteiger partial charge >= 0.3 is 0 Å². The number of halogens is 4. The molecular weight excluding hydrogens is 358 g/mol. The molecule has 0 aliphatic carbocycles. The maximum atomic E-state index is 14.1. The minimum atomic E-state index is -1.43. The smallest absolute Gasteiger partial charge is 0.228 e. The Bertz CT molecular complexity index is 893. The van der Waals surface area contributed by atoms with Crippen LogP contribution in [-0.4, -0.2) is 34.5 Å². The number of hydrogen-bond donors (Lipinski definition) is 1. The lowest BCUT2D eigenvalue weighted by Gasteiger charge is -2.13. The van der Waals surface area contributed by atoms with E-state index in [9.17, 15) is 22.4 Å². The molecule has 1 aliphatic rings. The Kier molecular flexibility index (Phi) is 4.44. The highest BCUT2D eigenvalue weighted by Gasteiger charge is 2.33. The van der Waals surface area contributed by atoms with Crippen molar-refractivity contribution < 1.29 is 22.4 Å². The van der Waals surface area contributed by atoms with Gasteiger partial charge in [0.25, 0.3) is 0 Å². The van der Waals surface area contributed by atoms with Gasteiger partial charge < -0.3 is 14.5 Å². The van der Waals surface area contributed by atoms with Crippen molar-refractivity contribution in [2.45, 2.75) is 25.3 Å². The third-order valence-electron chi connectivity index (χ3n) is 4.40. The number of likely N-dealkylation sites (N-methyl/N-ethyl adjacent to an activating group) is 1. The van der Waals surface area contributed by atoms with Crippen LogP contribution in [0, 0.1) is 28.0 Å². The molecule has 0 fully saturated rings. The second kappa shape index (κ2) is 6.29. The van der Waals surface area contributed by atoms with Gasteiger partial charge in [0.2, 0.25) is 5.91 Å². The van der Waals surface area contributed by atoms with Crippen LogP contribution in [0.1, 0.15) is 22.9 Å². The summed E-state index contributed by atoms with van der Waals surface area (Å²) in [7, 11) is 3.21. The van der Waals surface area contributed by atoms with Crippen LogP contribution in [-0.2, 0) is 24.2 Å². The van der Waals surface area contributed by atoms with Crippen molar-refractivity contribution in [3.63, 3.8) is 0 Å². The fourth-order valence-corrected chi connectivity index (χ4v) is 3.41. The first-order chi connectivity index (χ1) is 11.7. The van der Waals surface area contributed by atoms with E-state index in [4.69, 9.17) is 12.2 Å². The first-order valence-electron chi connectivity index (χ1n) is 7.54. The standard InChI is InChI=1S/C16H15F4N3OS/c1-22(2)12(24)5-10-11-3-7(6-23(11)16(25)21-10)13-14(19)8(17)4-9(18)15(13)20/h4,7H,3,5-6H2,1-2H3,(H,21,25)/t7-/m0/s1. The molecule has 0 saturated heterocycles. The summed E-state index contributed by atoms with van der Waals surface area (Å²) in [5.74, 6) is -6.62. The second-order valence-electron chi connectivity index (χ2n) is 6.21. The third-order valence-corrected chi connectivity index (χ3v) is 4.72. The van der Waals surface area contributed by atoms with Crippen molar-refractivity contribution in [1.29, 1.82) is 0 Å². The van der Waals surface area contributed by atoms with Gasteiger partial charge in [-0.15, -0.1) is 0 Å². The number of nitrogens with one attached hydrogen (secondary N) is 1. The number of fused-ring (bicyclic) bond motifs is 1. The summed E-state index contributed by atoms with van der Waals surface area (Å²) in [6.07, 6.45) is 0.175. The maximum absolute atomic E-state index is 14.1. The quantitative estimate of drug-likeness (QED) is 0.510. The lowest BCUT2D eigenvalue weighted by molar-refractivity contribution is -0.128. The summed E-state index contributed by atoms with van der Waals surface area (Å²) >= 11 is 5.19. The molecule has 1 aromatic carbocycles. The largest absolute Gasteiger partial charge is 0.348 e. The molecule has 1 atom stereocenters. The van der Waals surface area contributed by atoms with Gasteiger partial charge in [0.1, 0.15) is 0 Å². The van der Waals surface area contributed by atoms with Crippen LogP contribution in [0.25, 0.3) is 0 Å². The van der Waals surface area contributed by atoms with E-state index in [-0.39, 0.29) is 31.4 Å². The van der Waals surface area contributed by atoms with E-state index in [1.54, 1.807) is 18.7 Å². The molecule has 0 unspecified atom stereocenters. The van der Waals surface area contributed by atoms with E-state index in [2.05, 4.69) is 4.98 Å². The number of carbonyl (C=O) groups is 1. The second-order valence-corrected chi connectivity index (χ2v) is 6.60. The monoisotopic (exact) mass is 373 g/mol. The zero-order chi connectivity index (χ0) is 18.5. The number of benzene rings is 1. The van der Waals surface area contributed by atoms with Crippen LogP contribution in [0.4, 0.5) is 17.6 Å². The summed E-state index contributed by atoms with van der Waals surface area (Å²) in [5, 5.41) is 0. The lowest BCUT2D eigenvalue weighted by atomic mass is 9.94. The van der Waals surface area contributed by atoms with Gasteiger partial charge in [0, 0.05) is 49.6 Å². The Morgan fingerprint density at radius 1 is 1.28 bits per heavy atom. The molecular formula is C16H15F4N3OS. The Morgan fingerprint density at radius 3 is 2.44 bits per heavy atom. The molecule has 2 heterocycles. The van der Waals surface area contributed by atoms with Gasteiger partial charge in [-0.2, -0.15) is 0 Å². The fourth-order valence-electron chi connectivity index (χ4n) is 3.10. The number of carbonyl (C=O) groups excluding carboxylic acids is 1. The predicted molar refractivity (Wildman–Crippen MR) is 84.7 cm³/mol. The van der Waals surface area contributed by atoms with Crippen LogP contribution < -0.4 is 0 Å². The molecule has 3 rings (SSSR count). The van der Waals surface area contributed by atoms with Crippen molar-refractivity contribution in [3.05, 3.63) is 51.1 Å². The third kappa shape index (κ3) is 2.97. The molecule has 1 aliphatic heterocycles.